The molecule has 2 N–H and O–H groups in total. The molecule has 0 aliphatic heterocycles. The van der Waals surface area contributed by atoms with Crippen LogP contribution in [0.4, 0.5) is 0 Å². The van der Waals surface area contributed by atoms with Crippen LogP contribution in [-0.2, 0) is 13.0 Å². The maximum absolute atomic E-state index is 5.66. The molecule has 0 saturated carbocycles. The largest absolute Gasteiger partial charge is 0.325 e. The van der Waals surface area contributed by atoms with E-state index in [1.54, 1.807) is 6.20 Å². The van der Waals surface area contributed by atoms with Crippen LogP contribution >= 0.6 is 0 Å². The molecule has 0 aliphatic rings. The van der Waals surface area contributed by atoms with E-state index in [2.05, 4.69) is 23.9 Å². The lowest BCUT2D eigenvalue weighted by atomic mass is 10.1. The Morgan fingerprint density at radius 1 is 1.44 bits per heavy atom. The molecular formula is C12H18N4. The Morgan fingerprint density at radius 3 is 2.94 bits per heavy atom. The highest BCUT2D eigenvalue weighted by Gasteiger charge is 2.06. The molecule has 2 aromatic rings. The molecule has 0 radical (unpaired) electrons. The first kappa shape index (κ1) is 11.1. The SMILES string of the molecule is CC(C)CCc1cc2nccc(CN)n2n1. The van der Waals surface area contributed by atoms with Gasteiger partial charge in [0.15, 0.2) is 5.65 Å². The van der Waals surface area contributed by atoms with Gasteiger partial charge in [-0.25, -0.2) is 9.50 Å². The maximum atomic E-state index is 5.66. The highest BCUT2D eigenvalue weighted by atomic mass is 15.3. The number of nitrogens with two attached hydrogens (primary N) is 1. The monoisotopic (exact) mass is 218 g/mol. The summed E-state index contributed by atoms with van der Waals surface area (Å²) < 4.78 is 1.84. The van der Waals surface area contributed by atoms with Crippen molar-refractivity contribution in [3.05, 3.63) is 29.7 Å². The molecule has 4 heteroatoms. The molecule has 0 atom stereocenters. The van der Waals surface area contributed by atoms with Crippen molar-refractivity contribution in [2.24, 2.45) is 11.7 Å². The average molecular weight is 218 g/mol. The van der Waals surface area contributed by atoms with Crippen LogP contribution in [0.25, 0.3) is 5.65 Å². The first-order chi connectivity index (χ1) is 7.70. The normalized spacial score (nSPS) is 11.5. The standard InChI is InChI=1S/C12H18N4/c1-9(2)3-4-10-7-12-14-6-5-11(8-13)16(12)15-10/h5-7,9H,3-4,8,13H2,1-2H3. The summed E-state index contributed by atoms with van der Waals surface area (Å²) in [4.78, 5) is 4.28. The summed E-state index contributed by atoms with van der Waals surface area (Å²) in [5, 5.41) is 4.53. The Balaban J connectivity index is 2.29. The maximum Gasteiger partial charge on any atom is 0.155 e. The van der Waals surface area contributed by atoms with Gasteiger partial charge in [-0.1, -0.05) is 13.8 Å². The molecule has 0 saturated heterocycles. The molecule has 0 unspecified atom stereocenters. The Morgan fingerprint density at radius 2 is 2.25 bits per heavy atom. The van der Waals surface area contributed by atoms with Crippen LogP contribution in [0.5, 0.6) is 0 Å². The number of aryl methyl sites for hydroxylation is 1. The minimum Gasteiger partial charge on any atom is -0.325 e. The van der Waals surface area contributed by atoms with Crippen LogP contribution in [0.3, 0.4) is 0 Å². The smallest absolute Gasteiger partial charge is 0.155 e. The van der Waals surface area contributed by atoms with Crippen molar-refractivity contribution < 1.29 is 0 Å². The Bertz CT molecular complexity index is 473. The lowest BCUT2D eigenvalue weighted by Gasteiger charge is -2.01. The van der Waals surface area contributed by atoms with E-state index in [1.165, 1.54) is 0 Å². The first-order valence-electron chi connectivity index (χ1n) is 5.73. The topological polar surface area (TPSA) is 56.2 Å². The van der Waals surface area contributed by atoms with Crippen molar-refractivity contribution in [3.8, 4) is 0 Å². The van der Waals surface area contributed by atoms with Crippen LogP contribution < -0.4 is 5.73 Å². The molecule has 16 heavy (non-hydrogen) atoms. The summed E-state index contributed by atoms with van der Waals surface area (Å²) >= 11 is 0. The second-order valence-electron chi connectivity index (χ2n) is 4.48. The summed E-state index contributed by atoms with van der Waals surface area (Å²) in [6.07, 6.45) is 3.94. The number of rotatable bonds is 4. The minimum absolute atomic E-state index is 0.490. The molecule has 0 aliphatic carbocycles. The van der Waals surface area contributed by atoms with E-state index in [0.29, 0.717) is 12.5 Å². The van der Waals surface area contributed by atoms with Crippen LogP contribution in [0.2, 0.25) is 0 Å². The summed E-state index contributed by atoms with van der Waals surface area (Å²) in [5.41, 5.74) is 8.65. The van der Waals surface area contributed by atoms with Crippen LogP contribution in [0, 0.1) is 5.92 Å². The van der Waals surface area contributed by atoms with Crippen LogP contribution in [-0.4, -0.2) is 14.6 Å². The van der Waals surface area contributed by atoms with E-state index in [4.69, 9.17) is 5.73 Å². The highest BCUT2D eigenvalue weighted by Crippen LogP contribution is 2.11. The minimum atomic E-state index is 0.490. The second-order valence-corrected chi connectivity index (χ2v) is 4.48. The number of nitrogens with zero attached hydrogens (tertiary/aromatic N) is 3. The zero-order valence-corrected chi connectivity index (χ0v) is 9.85. The number of hydrogen-bond donors (Lipinski definition) is 1. The average Bonchev–Trinajstić information content (AvgIpc) is 2.68. The molecular weight excluding hydrogens is 200 g/mol. The van der Waals surface area contributed by atoms with E-state index >= 15 is 0 Å². The van der Waals surface area contributed by atoms with Crippen molar-refractivity contribution in [2.45, 2.75) is 33.2 Å². The van der Waals surface area contributed by atoms with Gasteiger partial charge < -0.3 is 5.73 Å². The predicted molar refractivity (Wildman–Crippen MR) is 64.0 cm³/mol. The molecule has 0 fully saturated rings. The third kappa shape index (κ3) is 2.22. The number of hydrogen-bond acceptors (Lipinski definition) is 3. The van der Waals surface area contributed by atoms with Gasteiger partial charge in [0, 0.05) is 18.8 Å². The van der Waals surface area contributed by atoms with Crippen molar-refractivity contribution in [1.82, 2.24) is 14.6 Å². The van der Waals surface area contributed by atoms with Gasteiger partial charge in [-0.3, -0.25) is 0 Å². The van der Waals surface area contributed by atoms with Gasteiger partial charge in [-0.15, -0.1) is 0 Å². The highest BCUT2D eigenvalue weighted by molar-refractivity contribution is 5.40. The van der Waals surface area contributed by atoms with Gasteiger partial charge in [-0.05, 0) is 24.8 Å². The van der Waals surface area contributed by atoms with Gasteiger partial charge in [0.1, 0.15) is 0 Å². The van der Waals surface area contributed by atoms with Crippen molar-refractivity contribution in [2.75, 3.05) is 0 Å². The van der Waals surface area contributed by atoms with E-state index in [9.17, 15) is 0 Å². The second kappa shape index (κ2) is 4.61. The van der Waals surface area contributed by atoms with Gasteiger partial charge in [0.25, 0.3) is 0 Å². The van der Waals surface area contributed by atoms with Gasteiger partial charge in [0.2, 0.25) is 0 Å². The van der Waals surface area contributed by atoms with Crippen molar-refractivity contribution >= 4 is 5.65 Å². The molecule has 0 amide bonds. The zero-order chi connectivity index (χ0) is 11.5. The zero-order valence-electron chi connectivity index (χ0n) is 9.85. The molecule has 2 aromatic heterocycles. The van der Waals surface area contributed by atoms with Crippen LogP contribution in [0.1, 0.15) is 31.7 Å². The molecule has 2 heterocycles. The predicted octanol–water partition coefficient (Wildman–Crippen LogP) is 1.78. The fraction of sp³-hybridized carbons (Fsp3) is 0.500. The van der Waals surface area contributed by atoms with Crippen LogP contribution in [0.15, 0.2) is 18.3 Å². The summed E-state index contributed by atoms with van der Waals surface area (Å²) in [5.74, 6) is 0.701. The lowest BCUT2D eigenvalue weighted by molar-refractivity contribution is 0.579. The van der Waals surface area contributed by atoms with Gasteiger partial charge in [-0.2, -0.15) is 5.10 Å². The Hall–Kier alpha value is -1.42. The molecule has 0 spiro atoms. The molecule has 86 valence electrons. The first-order valence-corrected chi connectivity index (χ1v) is 5.73. The lowest BCUT2D eigenvalue weighted by Crippen LogP contribution is -2.05. The number of aromatic nitrogens is 3. The Kier molecular flexibility index (Phi) is 3.19. The summed E-state index contributed by atoms with van der Waals surface area (Å²) in [7, 11) is 0. The molecule has 0 aromatic carbocycles. The van der Waals surface area contributed by atoms with E-state index in [0.717, 1.165) is 29.9 Å². The quantitative estimate of drug-likeness (QED) is 0.851. The summed E-state index contributed by atoms with van der Waals surface area (Å²) in [6.45, 7) is 4.93. The van der Waals surface area contributed by atoms with Gasteiger partial charge >= 0.3 is 0 Å². The molecule has 2 rings (SSSR count). The summed E-state index contributed by atoms with van der Waals surface area (Å²) in [6, 6.07) is 3.95. The van der Waals surface area contributed by atoms with E-state index < -0.39 is 0 Å². The molecule has 0 bridgehead atoms. The van der Waals surface area contributed by atoms with Crippen molar-refractivity contribution in [1.29, 1.82) is 0 Å². The van der Waals surface area contributed by atoms with Crippen molar-refractivity contribution in [3.63, 3.8) is 0 Å². The number of fused-ring (bicyclic) bond motifs is 1. The third-order valence-corrected chi connectivity index (χ3v) is 2.67. The fourth-order valence-electron chi connectivity index (χ4n) is 1.71. The van der Waals surface area contributed by atoms with Gasteiger partial charge in [0.05, 0.1) is 11.4 Å². The van der Waals surface area contributed by atoms with E-state index in [-0.39, 0.29) is 0 Å². The third-order valence-electron chi connectivity index (χ3n) is 2.67. The molecule has 4 nitrogen and oxygen atoms in total. The van der Waals surface area contributed by atoms with E-state index in [1.807, 2.05) is 16.6 Å². The fourth-order valence-corrected chi connectivity index (χ4v) is 1.71. The Labute approximate surface area is 95.5 Å².